The lowest BCUT2D eigenvalue weighted by Crippen LogP contribution is -2.18. The second-order valence-electron chi connectivity index (χ2n) is 4.30. The number of hydrogen-bond acceptors (Lipinski definition) is 3. The summed E-state index contributed by atoms with van der Waals surface area (Å²) < 4.78 is 32.0. The third-order valence-electron chi connectivity index (χ3n) is 2.51. The first-order chi connectivity index (χ1) is 9.08. The van der Waals surface area contributed by atoms with Gasteiger partial charge in [0.25, 0.3) is 0 Å². The Morgan fingerprint density at radius 3 is 2.79 bits per heavy atom. The maximum atomic E-state index is 13.5. The van der Waals surface area contributed by atoms with E-state index in [1.165, 1.54) is 18.3 Å². The van der Waals surface area contributed by atoms with Gasteiger partial charge in [0.1, 0.15) is 0 Å². The molecule has 1 atom stereocenters. The Kier molecular flexibility index (Phi) is 4.06. The highest BCUT2D eigenvalue weighted by Gasteiger charge is 2.13. The number of aromatic nitrogens is 1. The molecule has 0 saturated carbocycles. The van der Waals surface area contributed by atoms with Gasteiger partial charge in [-0.25, -0.2) is 9.37 Å². The Morgan fingerprint density at radius 1 is 1.26 bits per heavy atom. The third kappa shape index (κ3) is 3.26. The summed E-state index contributed by atoms with van der Waals surface area (Å²) in [5, 5.41) is 0. The molecule has 0 aliphatic heterocycles. The number of nitrogens with two attached hydrogens (primary N) is 1. The lowest BCUT2D eigenvalue weighted by atomic mass is 10.1. The molecule has 1 heterocycles. The quantitative estimate of drug-likeness (QED) is 0.923. The largest absolute Gasteiger partial charge is 0.436 e. The van der Waals surface area contributed by atoms with Crippen LogP contribution in [-0.4, -0.2) is 11.0 Å². The van der Waals surface area contributed by atoms with E-state index in [0.717, 1.165) is 11.6 Å². The number of nitrogens with zero attached hydrogens (tertiary/aromatic N) is 1. The Labute approximate surface area is 110 Å². The van der Waals surface area contributed by atoms with E-state index in [4.69, 9.17) is 10.5 Å². The lowest BCUT2D eigenvalue weighted by Gasteiger charge is -2.12. The molecule has 1 aromatic heterocycles. The van der Waals surface area contributed by atoms with Gasteiger partial charge in [-0.15, -0.1) is 0 Å². The lowest BCUT2D eigenvalue weighted by molar-refractivity contribution is 0.401. The van der Waals surface area contributed by atoms with Crippen LogP contribution in [-0.2, 0) is 6.42 Å². The van der Waals surface area contributed by atoms with Crippen LogP contribution in [0, 0.1) is 11.6 Å². The van der Waals surface area contributed by atoms with Crippen LogP contribution in [0.1, 0.15) is 12.5 Å². The van der Waals surface area contributed by atoms with Crippen molar-refractivity contribution in [2.24, 2.45) is 5.73 Å². The van der Waals surface area contributed by atoms with Gasteiger partial charge in [0, 0.05) is 17.8 Å². The predicted octanol–water partition coefficient (Wildman–Crippen LogP) is 3.04. The van der Waals surface area contributed by atoms with Crippen molar-refractivity contribution in [3.63, 3.8) is 0 Å². The number of rotatable bonds is 4. The minimum absolute atomic E-state index is 0.0797. The Hall–Kier alpha value is -2.01. The molecule has 3 nitrogen and oxygen atoms in total. The van der Waals surface area contributed by atoms with E-state index in [1.54, 1.807) is 12.1 Å². The molecule has 0 spiro atoms. The molecule has 1 unspecified atom stereocenters. The van der Waals surface area contributed by atoms with Crippen molar-refractivity contribution in [1.82, 2.24) is 4.98 Å². The van der Waals surface area contributed by atoms with E-state index < -0.39 is 11.6 Å². The number of benzene rings is 1. The van der Waals surface area contributed by atoms with Crippen molar-refractivity contribution in [3.05, 3.63) is 53.7 Å². The summed E-state index contributed by atoms with van der Waals surface area (Å²) in [6.45, 7) is 1.85. The maximum Gasteiger partial charge on any atom is 0.222 e. The van der Waals surface area contributed by atoms with E-state index in [9.17, 15) is 8.78 Å². The molecule has 19 heavy (non-hydrogen) atoms. The maximum absolute atomic E-state index is 13.5. The first-order valence-corrected chi connectivity index (χ1v) is 5.89. The van der Waals surface area contributed by atoms with Crippen molar-refractivity contribution < 1.29 is 13.5 Å². The van der Waals surface area contributed by atoms with Gasteiger partial charge in [-0.2, -0.15) is 4.39 Å². The fourth-order valence-corrected chi connectivity index (χ4v) is 1.69. The van der Waals surface area contributed by atoms with Crippen LogP contribution < -0.4 is 10.5 Å². The summed E-state index contributed by atoms with van der Waals surface area (Å²) in [4.78, 5) is 4.03. The van der Waals surface area contributed by atoms with Gasteiger partial charge in [0.05, 0.1) is 0 Å². The fraction of sp³-hybridized carbons (Fsp3) is 0.214. The molecule has 0 amide bonds. The minimum Gasteiger partial charge on any atom is -0.436 e. The third-order valence-corrected chi connectivity index (χ3v) is 2.51. The highest BCUT2D eigenvalue weighted by molar-refractivity contribution is 5.33. The molecule has 0 bridgehead atoms. The molecule has 0 radical (unpaired) electrons. The molecule has 2 aromatic rings. The van der Waals surface area contributed by atoms with Crippen molar-refractivity contribution in [2.75, 3.05) is 0 Å². The smallest absolute Gasteiger partial charge is 0.222 e. The van der Waals surface area contributed by atoms with Gasteiger partial charge in [0.2, 0.25) is 11.7 Å². The van der Waals surface area contributed by atoms with Crippen LogP contribution >= 0.6 is 0 Å². The van der Waals surface area contributed by atoms with Crippen LogP contribution in [0.15, 0.2) is 36.5 Å². The molecule has 100 valence electrons. The molecule has 2 N–H and O–H groups in total. The number of hydrogen-bond donors (Lipinski definition) is 1. The molecule has 0 aliphatic rings. The fourth-order valence-electron chi connectivity index (χ4n) is 1.69. The van der Waals surface area contributed by atoms with Crippen LogP contribution in [0.2, 0.25) is 0 Å². The van der Waals surface area contributed by atoms with Crippen molar-refractivity contribution in [3.8, 4) is 11.6 Å². The second-order valence-corrected chi connectivity index (χ2v) is 4.30. The Balaban J connectivity index is 2.30. The van der Waals surface area contributed by atoms with Crippen molar-refractivity contribution >= 4 is 0 Å². The zero-order valence-corrected chi connectivity index (χ0v) is 10.4. The van der Waals surface area contributed by atoms with E-state index in [1.807, 2.05) is 6.92 Å². The van der Waals surface area contributed by atoms with Gasteiger partial charge < -0.3 is 10.5 Å². The van der Waals surface area contributed by atoms with E-state index in [2.05, 4.69) is 4.98 Å². The normalized spacial score (nSPS) is 12.2. The highest BCUT2D eigenvalue weighted by atomic mass is 19.2. The van der Waals surface area contributed by atoms with Crippen molar-refractivity contribution in [2.45, 2.75) is 19.4 Å². The summed E-state index contributed by atoms with van der Waals surface area (Å²) >= 11 is 0. The topological polar surface area (TPSA) is 48.1 Å². The Bertz CT molecular complexity index is 573. The predicted molar refractivity (Wildman–Crippen MR) is 68.0 cm³/mol. The van der Waals surface area contributed by atoms with Gasteiger partial charge in [-0.3, -0.25) is 0 Å². The summed E-state index contributed by atoms with van der Waals surface area (Å²) in [5.74, 6) is -1.93. The van der Waals surface area contributed by atoms with Gasteiger partial charge in [-0.1, -0.05) is 12.1 Å². The number of ether oxygens (including phenoxy) is 1. The molecular formula is C14H14F2N2O. The van der Waals surface area contributed by atoms with Gasteiger partial charge in [0.15, 0.2) is 11.6 Å². The van der Waals surface area contributed by atoms with Crippen molar-refractivity contribution in [1.29, 1.82) is 0 Å². The summed E-state index contributed by atoms with van der Waals surface area (Å²) in [5.41, 5.74) is 6.47. The zero-order chi connectivity index (χ0) is 13.8. The molecule has 0 fully saturated rings. The SMILES string of the molecule is CC(N)Cc1cccnc1Oc1cccc(F)c1F. The molecule has 0 aliphatic carbocycles. The number of halogens is 2. The van der Waals surface area contributed by atoms with E-state index in [-0.39, 0.29) is 17.7 Å². The number of pyridine rings is 1. The molecule has 2 rings (SSSR count). The molecular weight excluding hydrogens is 250 g/mol. The summed E-state index contributed by atoms with van der Waals surface area (Å²) in [6, 6.07) is 7.22. The minimum atomic E-state index is -1.03. The molecule has 1 aromatic carbocycles. The van der Waals surface area contributed by atoms with Gasteiger partial charge in [-0.05, 0) is 31.5 Å². The first kappa shape index (κ1) is 13.4. The van der Waals surface area contributed by atoms with Crippen LogP contribution in [0.25, 0.3) is 0 Å². The Morgan fingerprint density at radius 2 is 2.05 bits per heavy atom. The van der Waals surface area contributed by atoms with Crippen LogP contribution in [0.4, 0.5) is 8.78 Å². The summed E-state index contributed by atoms with van der Waals surface area (Å²) in [6.07, 6.45) is 2.07. The van der Waals surface area contributed by atoms with E-state index >= 15 is 0 Å². The standard InChI is InChI=1S/C14H14F2N2O/c1-9(17)8-10-4-3-7-18-14(10)19-12-6-2-5-11(15)13(12)16/h2-7,9H,8,17H2,1H3. The average Bonchev–Trinajstić information content (AvgIpc) is 2.36. The summed E-state index contributed by atoms with van der Waals surface area (Å²) in [7, 11) is 0. The van der Waals surface area contributed by atoms with Gasteiger partial charge >= 0.3 is 0 Å². The molecule has 5 heteroatoms. The van der Waals surface area contributed by atoms with Crippen LogP contribution in [0.5, 0.6) is 11.6 Å². The first-order valence-electron chi connectivity index (χ1n) is 5.89. The van der Waals surface area contributed by atoms with Crippen LogP contribution in [0.3, 0.4) is 0 Å². The molecule has 0 saturated heterocycles. The monoisotopic (exact) mass is 264 g/mol. The zero-order valence-electron chi connectivity index (χ0n) is 10.4. The van der Waals surface area contributed by atoms with E-state index in [0.29, 0.717) is 6.42 Å². The second kappa shape index (κ2) is 5.75. The highest BCUT2D eigenvalue weighted by Crippen LogP contribution is 2.27. The average molecular weight is 264 g/mol.